The number of rotatable bonds is 4. The highest BCUT2D eigenvalue weighted by molar-refractivity contribution is 7.99. The van der Waals surface area contributed by atoms with Crippen LogP contribution in [0.1, 0.15) is 26.2 Å². The number of hydrogen-bond donors (Lipinski definition) is 2. The van der Waals surface area contributed by atoms with E-state index in [-0.39, 0.29) is 0 Å². The first-order valence-electron chi connectivity index (χ1n) is 10.7. The molecule has 0 aromatic heterocycles. The van der Waals surface area contributed by atoms with E-state index in [1.54, 1.807) is 18.7 Å². The fraction of sp³-hybridized carbons (Fsp3) is 0.435. The molecule has 1 spiro atoms. The standard InChI is InChI=1S/C23H26ClN3O3S/c1-22(29)23(30-21(28)25-22)9-13-26(14-10-23)11-4-12-27-17-5-2-3-6-19(17)31-20-8-7-16(24)15-18(20)27/h2-3,5-8,15,29H,4,9-14H2,1H3,(H,25,28). The molecule has 2 fully saturated rings. The fourth-order valence-electron chi connectivity index (χ4n) is 4.84. The number of alkyl carbamates (subject to hydrolysis) is 1. The maximum atomic E-state index is 11.7. The zero-order valence-corrected chi connectivity index (χ0v) is 19.0. The minimum absolute atomic E-state index is 0.530. The lowest BCUT2D eigenvalue weighted by Crippen LogP contribution is -2.59. The molecular formula is C23H26ClN3O3S. The molecule has 2 saturated heterocycles. The van der Waals surface area contributed by atoms with Gasteiger partial charge in [-0.2, -0.15) is 0 Å². The van der Waals surface area contributed by atoms with E-state index < -0.39 is 17.4 Å². The van der Waals surface area contributed by atoms with Gasteiger partial charge in [0.05, 0.1) is 11.4 Å². The quantitative estimate of drug-likeness (QED) is 0.695. The van der Waals surface area contributed by atoms with Crippen LogP contribution in [-0.4, -0.2) is 53.6 Å². The SMILES string of the molecule is CC1(O)NC(=O)OC12CCN(CCCN1c3ccccc3Sc3ccc(Cl)cc31)CC2. The number of anilines is 2. The van der Waals surface area contributed by atoms with Crippen LogP contribution in [0.5, 0.6) is 0 Å². The van der Waals surface area contributed by atoms with Crippen molar-refractivity contribution in [1.82, 2.24) is 10.2 Å². The van der Waals surface area contributed by atoms with Crippen LogP contribution in [-0.2, 0) is 4.74 Å². The van der Waals surface area contributed by atoms with E-state index in [0.29, 0.717) is 12.8 Å². The summed E-state index contributed by atoms with van der Waals surface area (Å²) in [5.41, 5.74) is 0.252. The minimum atomic E-state index is -1.31. The lowest BCUT2D eigenvalue weighted by Gasteiger charge is -2.43. The fourth-order valence-corrected chi connectivity index (χ4v) is 6.08. The van der Waals surface area contributed by atoms with Crippen LogP contribution in [0.15, 0.2) is 52.3 Å². The Balaban J connectivity index is 1.24. The number of para-hydroxylation sites is 1. The number of halogens is 1. The molecule has 2 aromatic rings. The van der Waals surface area contributed by atoms with Crippen molar-refractivity contribution in [2.75, 3.05) is 31.1 Å². The molecule has 8 heteroatoms. The molecule has 2 N–H and O–H groups in total. The van der Waals surface area contributed by atoms with E-state index in [9.17, 15) is 9.90 Å². The Labute approximate surface area is 191 Å². The molecule has 0 aliphatic carbocycles. The molecule has 3 aliphatic rings. The largest absolute Gasteiger partial charge is 0.438 e. The van der Waals surface area contributed by atoms with E-state index >= 15 is 0 Å². The van der Waals surface area contributed by atoms with E-state index in [1.165, 1.54) is 15.5 Å². The number of nitrogens with zero attached hydrogens (tertiary/aromatic N) is 2. The second kappa shape index (κ2) is 7.89. The van der Waals surface area contributed by atoms with Crippen LogP contribution < -0.4 is 10.2 Å². The van der Waals surface area contributed by atoms with Gasteiger partial charge >= 0.3 is 6.09 Å². The number of benzene rings is 2. The van der Waals surface area contributed by atoms with Gasteiger partial charge in [0.1, 0.15) is 0 Å². The average molecular weight is 460 g/mol. The molecule has 1 atom stereocenters. The van der Waals surface area contributed by atoms with Gasteiger partial charge in [-0.25, -0.2) is 4.79 Å². The zero-order valence-electron chi connectivity index (χ0n) is 17.4. The molecular weight excluding hydrogens is 434 g/mol. The predicted octanol–water partition coefficient (Wildman–Crippen LogP) is 4.62. The first kappa shape index (κ1) is 20.9. The molecule has 0 radical (unpaired) electrons. The molecule has 1 unspecified atom stereocenters. The smallest absolute Gasteiger partial charge is 0.410 e. The number of fused-ring (bicyclic) bond motifs is 2. The summed E-state index contributed by atoms with van der Waals surface area (Å²) in [5.74, 6) is 0. The molecule has 6 nitrogen and oxygen atoms in total. The minimum Gasteiger partial charge on any atom is -0.438 e. The highest BCUT2D eigenvalue weighted by Crippen LogP contribution is 2.48. The molecule has 164 valence electrons. The Morgan fingerprint density at radius 3 is 2.61 bits per heavy atom. The van der Waals surface area contributed by atoms with Gasteiger partial charge in [-0.05, 0) is 50.2 Å². The van der Waals surface area contributed by atoms with Crippen LogP contribution in [0.3, 0.4) is 0 Å². The van der Waals surface area contributed by atoms with E-state index in [4.69, 9.17) is 16.3 Å². The average Bonchev–Trinajstić information content (AvgIpc) is 2.96. The van der Waals surface area contributed by atoms with Crippen molar-refractivity contribution in [3.8, 4) is 0 Å². The van der Waals surface area contributed by atoms with Gasteiger partial charge in [0.25, 0.3) is 0 Å². The molecule has 3 heterocycles. The third kappa shape index (κ3) is 3.78. The number of carbonyl (C=O) groups excluding carboxylic acids is 1. The Kier molecular flexibility index (Phi) is 5.33. The molecule has 31 heavy (non-hydrogen) atoms. The summed E-state index contributed by atoms with van der Waals surface area (Å²) < 4.78 is 5.49. The summed E-state index contributed by atoms with van der Waals surface area (Å²) in [5, 5.41) is 13.9. The molecule has 5 rings (SSSR count). The second-order valence-electron chi connectivity index (χ2n) is 8.61. The third-order valence-electron chi connectivity index (χ3n) is 6.63. The van der Waals surface area contributed by atoms with Gasteiger partial charge < -0.3 is 19.6 Å². The molecule has 1 amide bonds. The summed E-state index contributed by atoms with van der Waals surface area (Å²) in [6.45, 7) is 5.05. The summed E-state index contributed by atoms with van der Waals surface area (Å²) in [6.07, 6.45) is 1.71. The number of nitrogens with one attached hydrogen (secondary N) is 1. The highest BCUT2D eigenvalue weighted by atomic mass is 35.5. The number of aliphatic hydroxyl groups is 1. The molecule has 0 saturated carbocycles. The van der Waals surface area contributed by atoms with Gasteiger partial charge in [-0.1, -0.05) is 35.5 Å². The van der Waals surface area contributed by atoms with Gasteiger partial charge in [0.2, 0.25) is 0 Å². The lowest BCUT2D eigenvalue weighted by atomic mass is 9.83. The van der Waals surface area contributed by atoms with Crippen molar-refractivity contribution in [1.29, 1.82) is 0 Å². The van der Waals surface area contributed by atoms with Crippen LogP contribution in [0.2, 0.25) is 5.02 Å². The number of piperidine rings is 1. The monoisotopic (exact) mass is 459 g/mol. The van der Waals surface area contributed by atoms with Gasteiger partial charge in [-0.3, -0.25) is 5.32 Å². The normalized spacial score (nSPS) is 24.5. The number of carbonyl (C=O) groups is 1. The molecule has 2 aromatic carbocycles. The third-order valence-corrected chi connectivity index (χ3v) is 7.99. The number of amides is 1. The first-order chi connectivity index (χ1) is 14.9. The first-order valence-corrected chi connectivity index (χ1v) is 11.9. The maximum Gasteiger partial charge on any atom is 0.410 e. The van der Waals surface area contributed by atoms with Crippen molar-refractivity contribution in [3.05, 3.63) is 47.5 Å². The van der Waals surface area contributed by atoms with Crippen LogP contribution >= 0.6 is 23.4 Å². The summed E-state index contributed by atoms with van der Waals surface area (Å²) in [4.78, 5) is 18.9. The Bertz CT molecular complexity index is 1010. The number of likely N-dealkylation sites (tertiary alicyclic amines) is 1. The Hall–Kier alpha value is -1.93. The van der Waals surface area contributed by atoms with Gasteiger partial charge in [0.15, 0.2) is 11.3 Å². The van der Waals surface area contributed by atoms with Crippen molar-refractivity contribution < 1.29 is 14.6 Å². The summed E-state index contributed by atoms with van der Waals surface area (Å²) in [6, 6.07) is 14.6. The Morgan fingerprint density at radius 1 is 1.13 bits per heavy atom. The lowest BCUT2D eigenvalue weighted by molar-refractivity contribution is -0.132. The van der Waals surface area contributed by atoms with Crippen molar-refractivity contribution in [2.45, 2.75) is 47.3 Å². The van der Waals surface area contributed by atoms with Gasteiger partial charge in [-0.15, -0.1) is 0 Å². The zero-order chi connectivity index (χ0) is 21.6. The number of ether oxygens (including phenoxy) is 1. The van der Waals surface area contributed by atoms with Gasteiger partial charge in [0, 0.05) is 47.3 Å². The topological polar surface area (TPSA) is 65.0 Å². The van der Waals surface area contributed by atoms with Crippen molar-refractivity contribution >= 4 is 40.8 Å². The molecule has 0 bridgehead atoms. The predicted molar refractivity (Wildman–Crippen MR) is 122 cm³/mol. The molecule has 3 aliphatic heterocycles. The van der Waals surface area contributed by atoms with E-state index in [0.717, 1.165) is 43.3 Å². The van der Waals surface area contributed by atoms with E-state index in [2.05, 4.69) is 45.4 Å². The second-order valence-corrected chi connectivity index (χ2v) is 10.1. The van der Waals surface area contributed by atoms with Crippen LogP contribution in [0.25, 0.3) is 0 Å². The summed E-state index contributed by atoms with van der Waals surface area (Å²) in [7, 11) is 0. The van der Waals surface area contributed by atoms with Crippen LogP contribution in [0.4, 0.5) is 16.2 Å². The van der Waals surface area contributed by atoms with Crippen LogP contribution in [0, 0.1) is 0 Å². The summed E-state index contributed by atoms with van der Waals surface area (Å²) >= 11 is 8.10. The number of hydrogen-bond acceptors (Lipinski definition) is 6. The maximum absolute atomic E-state index is 11.7. The van der Waals surface area contributed by atoms with E-state index in [1.807, 2.05) is 12.1 Å². The van der Waals surface area contributed by atoms with Crippen molar-refractivity contribution in [3.63, 3.8) is 0 Å². The highest BCUT2D eigenvalue weighted by Gasteiger charge is 2.57. The Morgan fingerprint density at radius 2 is 1.87 bits per heavy atom. The van der Waals surface area contributed by atoms with Crippen molar-refractivity contribution in [2.24, 2.45) is 0 Å².